The number of nitrogens with two attached hydrogens (primary N) is 1. The van der Waals surface area contributed by atoms with Gasteiger partial charge in [-0.3, -0.25) is 24.7 Å². The van der Waals surface area contributed by atoms with E-state index < -0.39 is 23.4 Å². The fraction of sp³-hybridized carbons (Fsp3) is 0.290. The van der Waals surface area contributed by atoms with E-state index in [2.05, 4.69) is 0 Å². The average Bonchev–Trinajstić information content (AvgIpc) is 3.57. The molecule has 2 fully saturated rings. The molecule has 0 radical (unpaired) electrons. The molecule has 9 heteroatoms. The number of likely N-dealkylation sites (tertiary alicyclic amines) is 2. The standard InChI is InChI=1S/C31H30N4O5/c1-31(2)26-25(29(37)34(30(26)38)16-19-8-13-22-23(14-19)40-17-39-22)27(20-9-11-21(12-10-20)28(32)33)35(31)24(36)15-18-6-4-3-5-7-18/h3-14,25-27H,15-17H2,1-2H3,(H3,32,33)/t25-,26-,27-/m0/s1. The lowest BCUT2D eigenvalue weighted by atomic mass is 9.81. The first-order valence-corrected chi connectivity index (χ1v) is 13.2. The molecule has 3 aliphatic heterocycles. The van der Waals surface area contributed by atoms with Crippen molar-refractivity contribution in [2.45, 2.75) is 38.4 Å². The van der Waals surface area contributed by atoms with Crippen LogP contribution in [0.15, 0.2) is 72.8 Å². The number of ether oxygens (including phenoxy) is 2. The van der Waals surface area contributed by atoms with E-state index in [4.69, 9.17) is 20.6 Å². The summed E-state index contributed by atoms with van der Waals surface area (Å²) in [5.41, 5.74) is 7.60. The van der Waals surface area contributed by atoms with Crippen LogP contribution in [0.3, 0.4) is 0 Å². The van der Waals surface area contributed by atoms with Gasteiger partial charge < -0.3 is 20.1 Å². The molecule has 3 aromatic rings. The van der Waals surface area contributed by atoms with E-state index >= 15 is 0 Å². The van der Waals surface area contributed by atoms with E-state index in [1.807, 2.05) is 50.2 Å². The van der Waals surface area contributed by atoms with E-state index in [0.717, 1.165) is 16.7 Å². The van der Waals surface area contributed by atoms with Gasteiger partial charge in [-0.2, -0.15) is 0 Å². The number of fused-ring (bicyclic) bond motifs is 2. The molecule has 0 aromatic heterocycles. The summed E-state index contributed by atoms with van der Waals surface area (Å²) in [5, 5.41) is 7.76. The number of amidine groups is 1. The molecule has 40 heavy (non-hydrogen) atoms. The molecular formula is C31H30N4O5. The maximum atomic E-state index is 14.1. The summed E-state index contributed by atoms with van der Waals surface area (Å²) in [6.07, 6.45) is 0.148. The molecule has 3 atom stereocenters. The van der Waals surface area contributed by atoms with Crippen LogP contribution in [0.2, 0.25) is 0 Å². The Balaban J connectivity index is 1.38. The molecule has 3 aromatic carbocycles. The summed E-state index contributed by atoms with van der Waals surface area (Å²) in [6.45, 7) is 3.97. The number of carbonyl (C=O) groups is 3. The van der Waals surface area contributed by atoms with Crippen LogP contribution < -0.4 is 15.2 Å². The number of carbonyl (C=O) groups excluding carboxylic acids is 3. The topological polar surface area (TPSA) is 126 Å². The molecule has 204 valence electrons. The Morgan fingerprint density at radius 1 is 0.950 bits per heavy atom. The first-order valence-electron chi connectivity index (χ1n) is 13.2. The first-order chi connectivity index (χ1) is 19.2. The molecule has 0 bridgehead atoms. The summed E-state index contributed by atoms with van der Waals surface area (Å²) >= 11 is 0. The second-order valence-corrected chi connectivity index (χ2v) is 11.0. The summed E-state index contributed by atoms with van der Waals surface area (Å²) in [6, 6.07) is 21.2. The summed E-state index contributed by atoms with van der Waals surface area (Å²) in [7, 11) is 0. The Morgan fingerprint density at radius 2 is 1.65 bits per heavy atom. The van der Waals surface area contributed by atoms with Gasteiger partial charge in [0.2, 0.25) is 24.5 Å². The first kappa shape index (κ1) is 25.6. The fourth-order valence-corrected chi connectivity index (χ4v) is 6.41. The van der Waals surface area contributed by atoms with Crippen LogP contribution in [0.4, 0.5) is 0 Å². The van der Waals surface area contributed by atoms with Gasteiger partial charge in [-0.15, -0.1) is 0 Å². The maximum absolute atomic E-state index is 14.1. The zero-order valence-electron chi connectivity index (χ0n) is 22.3. The Kier molecular flexibility index (Phi) is 6.09. The minimum Gasteiger partial charge on any atom is -0.454 e. The zero-order chi connectivity index (χ0) is 28.2. The highest BCUT2D eigenvalue weighted by atomic mass is 16.7. The maximum Gasteiger partial charge on any atom is 0.235 e. The minimum atomic E-state index is -0.934. The lowest BCUT2D eigenvalue weighted by Gasteiger charge is -2.39. The lowest BCUT2D eigenvalue weighted by Crippen LogP contribution is -2.51. The van der Waals surface area contributed by atoms with Crippen molar-refractivity contribution in [1.29, 1.82) is 5.41 Å². The van der Waals surface area contributed by atoms with E-state index in [-0.39, 0.29) is 43.3 Å². The second kappa shape index (κ2) is 9.51. The Labute approximate surface area is 232 Å². The van der Waals surface area contributed by atoms with Crippen molar-refractivity contribution < 1.29 is 23.9 Å². The molecule has 3 aliphatic rings. The quantitative estimate of drug-likeness (QED) is 0.281. The predicted octanol–water partition coefficient (Wildman–Crippen LogP) is 3.41. The van der Waals surface area contributed by atoms with Crippen molar-refractivity contribution in [3.63, 3.8) is 0 Å². The molecule has 0 saturated carbocycles. The van der Waals surface area contributed by atoms with Gasteiger partial charge in [-0.25, -0.2) is 0 Å². The van der Waals surface area contributed by atoms with Gasteiger partial charge in [0.25, 0.3) is 0 Å². The highest BCUT2D eigenvalue weighted by molar-refractivity contribution is 6.07. The monoisotopic (exact) mass is 538 g/mol. The van der Waals surface area contributed by atoms with Crippen LogP contribution >= 0.6 is 0 Å². The van der Waals surface area contributed by atoms with Crippen molar-refractivity contribution in [2.24, 2.45) is 17.6 Å². The summed E-state index contributed by atoms with van der Waals surface area (Å²) in [5.74, 6) is -1.09. The number of rotatable bonds is 6. The van der Waals surface area contributed by atoms with Crippen LogP contribution in [0.25, 0.3) is 0 Å². The van der Waals surface area contributed by atoms with Crippen molar-refractivity contribution >= 4 is 23.6 Å². The lowest BCUT2D eigenvalue weighted by molar-refractivity contribution is -0.146. The van der Waals surface area contributed by atoms with Gasteiger partial charge in [0, 0.05) is 5.56 Å². The van der Waals surface area contributed by atoms with Crippen LogP contribution in [0.1, 0.15) is 42.1 Å². The van der Waals surface area contributed by atoms with Crippen molar-refractivity contribution in [1.82, 2.24) is 9.80 Å². The molecule has 0 spiro atoms. The molecule has 3 amide bonds. The van der Waals surface area contributed by atoms with Gasteiger partial charge in [0.05, 0.1) is 36.4 Å². The van der Waals surface area contributed by atoms with Crippen LogP contribution in [0, 0.1) is 17.2 Å². The van der Waals surface area contributed by atoms with E-state index in [9.17, 15) is 14.4 Å². The highest BCUT2D eigenvalue weighted by Crippen LogP contribution is 2.55. The number of nitrogens with zero attached hydrogens (tertiary/aromatic N) is 2. The number of imide groups is 1. The highest BCUT2D eigenvalue weighted by Gasteiger charge is 2.66. The van der Waals surface area contributed by atoms with Gasteiger partial charge >= 0.3 is 0 Å². The smallest absolute Gasteiger partial charge is 0.235 e. The third kappa shape index (κ3) is 4.09. The van der Waals surface area contributed by atoms with Gasteiger partial charge in [-0.05, 0) is 42.7 Å². The average molecular weight is 539 g/mol. The third-order valence-corrected chi connectivity index (χ3v) is 8.25. The molecule has 0 unspecified atom stereocenters. The molecule has 9 nitrogen and oxygen atoms in total. The second-order valence-electron chi connectivity index (χ2n) is 11.0. The van der Waals surface area contributed by atoms with Gasteiger partial charge in [0.15, 0.2) is 11.5 Å². The normalized spacial score (nSPS) is 22.5. The largest absolute Gasteiger partial charge is 0.454 e. The molecule has 0 aliphatic carbocycles. The summed E-state index contributed by atoms with van der Waals surface area (Å²) in [4.78, 5) is 45.0. The number of amides is 3. The third-order valence-electron chi connectivity index (χ3n) is 8.25. The number of nitrogen functional groups attached to an aromatic ring is 1. The Morgan fingerprint density at radius 3 is 2.35 bits per heavy atom. The zero-order valence-corrected chi connectivity index (χ0v) is 22.3. The number of nitrogens with one attached hydrogen (secondary N) is 1. The molecule has 6 rings (SSSR count). The molecule has 2 saturated heterocycles. The fourth-order valence-electron chi connectivity index (χ4n) is 6.41. The van der Waals surface area contributed by atoms with Crippen LogP contribution in [-0.2, 0) is 27.3 Å². The Hall–Kier alpha value is -4.66. The van der Waals surface area contributed by atoms with Crippen LogP contribution in [-0.4, -0.2) is 45.7 Å². The number of hydrogen-bond acceptors (Lipinski definition) is 6. The summed E-state index contributed by atoms with van der Waals surface area (Å²) < 4.78 is 10.9. The van der Waals surface area contributed by atoms with Gasteiger partial charge in [0.1, 0.15) is 5.84 Å². The van der Waals surface area contributed by atoms with Crippen molar-refractivity contribution in [2.75, 3.05) is 6.79 Å². The minimum absolute atomic E-state index is 0.0739. The number of benzene rings is 3. The SMILES string of the molecule is CC1(C)[C@@H]2C(=O)N(Cc3ccc4c(c3)OCO4)C(=O)[C@@H]2[C@H](c2ccc(C(=N)N)cc2)N1C(=O)Cc1ccccc1. The predicted molar refractivity (Wildman–Crippen MR) is 146 cm³/mol. The van der Waals surface area contributed by atoms with Crippen molar-refractivity contribution in [3.8, 4) is 11.5 Å². The molecule has 3 heterocycles. The van der Waals surface area contributed by atoms with E-state index in [1.165, 1.54) is 4.90 Å². The number of hydrogen-bond donors (Lipinski definition) is 2. The van der Waals surface area contributed by atoms with E-state index in [1.54, 1.807) is 41.3 Å². The molecular weight excluding hydrogens is 508 g/mol. The molecule has 3 N–H and O–H groups in total. The Bertz CT molecular complexity index is 1520. The van der Waals surface area contributed by atoms with Gasteiger partial charge in [-0.1, -0.05) is 60.7 Å². The van der Waals surface area contributed by atoms with Crippen LogP contribution in [0.5, 0.6) is 11.5 Å². The van der Waals surface area contributed by atoms with E-state index in [0.29, 0.717) is 17.1 Å². The van der Waals surface area contributed by atoms with Crippen molar-refractivity contribution in [3.05, 3.63) is 95.1 Å².